The van der Waals surface area contributed by atoms with Gasteiger partial charge in [-0.15, -0.1) is 0 Å². The maximum atomic E-state index is 11.6. The van der Waals surface area contributed by atoms with Gasteiger partial charge < -0.3 is 10.4 Å². The second kappa shape index (κ2) is 5.17. The van der Waals surface area contributed by atoms with Crippen LogP contribution >= 0.6 is 11.6 Å². The van der Waals surface area contributed by atoms with Gasteiger partial charge in [-0.2, -0.15) is 0 Å². The molecule has 0 radical (unpaired) electrons. The highest BCUT2D eigenvalue weighted by molar-refractivity contribution is 6.31. The summed E-state index contributed by atoms with van der Waals surface area (Å²) < 4.78 is 0. The second-order valence-electron chi connectivity index (χ2n) is 5.40. The van der Waals surface area contributed by atoms with Crippen LogP contribution in [0, 0.1) is 13.8 Å². The van der Waals surface area contributed by atoms with Crippen molar-refractivity contribution < 1.29 is 9.90 Å². The van der Waals surface area contributed by atoms with Crippen LogP contribution in [0.3, 0.4) is 0 Å². The summed E-state index contributed by atoms with van der Waals surface area (Å²) in [4.78, 5) is 11.6. The van der Waals surface area contributed by atoms with E-state index < -0.39 is 6.10 Å². The van der Waals surface area contributed by atoms with Crippen LogP contribution in [0.5, 0.6) is 0 Å². The summed E-state index contributed by atoms with van der Waals surface area (Å²) in [5.41, 5.74) is 5.27. The topological polar surface area (TPSA) is 49.3 Å². The minimum Gasteiger partial charge on any atom is -0.384 e. The first kappa shape index (κ1) is 14.1. The number of amides is 1. The van der Waals surface area contributed by atoms with Crippen molar-refractivity contribution in [3.63, 3.8) is 0 Å². The van der Waals surface area contributed by atoms with Crippen LogP contribution < -0.4 is 5.32 Å². The number of hydrogen-bond acceptors (Lipinski definition) is 2. The number of halogens is 1. The second-order valence-corrected chi connectivity index (χ2v) is 5.81. The van der Waals surface area contributed by atoms with Crippen molar-refractivity contribution in [1.29, 1.82) is 0 Å². The fourth-order valence-corrected chi connectivity index (χ4v) is 3.07. The molecule has 108 valence electrons. The van der Waals surface area contributed by atoms with E-state index in [1.54, 1.807) is 6.07 Å². The molecule has 1 unspecified atom stereocenters. The highest BCUT2D eigenvalue weighted by atomic mass is 35.5. The molecule has 1 amide bonds. The number of nitrogens with one attached hydrogen (secondary N) is 1. The summed E-state index contributed by atoms with van der Waals surface area (Å²) in [6.07, 6.45) is -0.433. The van der Waals surface area contributed by atoms with Gasteiger partial charge in [0, 0.05) is 16.3 Å². The van der Waals surface area contributed by atoms with E-state index in [0.717, 1.165) is 27.9 Å². The van der Waals surface area contributed by atoms with Crippen LogP contribution in [0.2, 0.25) is 5.02 Å². The number of hydrogen-bond donors (Lipinski definition) is 2. The van der Waals surface area contributed by atoms with E-state index in [9.17, 15) is 9.90 Å². The van der Waals surface area contributed by atoms with Crippen molar-refractivity contribution in [2.75, 3.05) is 5.32 Å². The van der Waals surface area contributed by atoms with Gasteiger partial charge in [0.05, 0.1) is 6.42 Å². The fourth-order valence-electron chi connectivity index (χ4n) is 2.83. The number of aliphatic hydroxyl groups is 1. The Morgan fingerprint density at radius 3 is 2.62 bits per heavy atom. The molecule has 0 aromatic heterocycles. The summed E-state index contributed by atoms with van der Waals surface area (Å²) >= 11 is 6.18. The Bertz CT molecular complexity index is 740. The average Bonchev–Trinajstić information content (AvgIpc) is 2.83. The zero-order valence-corrected chi connectivity index (χ0v) is 12.7. The summed E-state index contributed by atoms with van der Waals surface area (Å²) in [6, 6.07) is 9.18. The molecule has 2 aromatic carbocycles. The largest absolute Gasteiger partial charge is 0.384 e. The van der Waals surface area contributed by atoms with E-state index in [2.05, 4.69) is 5.32 Å². The van der Waals surface area contributed by atoms with Crippen molar-refractivity contribution in [3.8, 4) is 0 Å². The van der Waals surface area contributed by atoms with E-state index >= 15 is 0 Å². The zero-order chi connectivity index (χ0) is 15.1. The SMILES string of the molecule is Cc1c(C(O)c2ccccc2Cl)cc2c(c1C)NC(=O)C2. The number of fused-ring (bicyclic) bond motifs is 1. The van der Waals surface area contributed by atoms with Gasteiger partial charge >= 0.3 is 0 Å². The Balaban J connectivity index is 2.12. The van der Waals surface area contributed by atoms with Gasteiger partial charge in [0.15, 0.2) is 0 Å². The lowest BCUT2D eigenvalue weighted by molar-refractivity contribution is -0.115. The predicted octanol–water partition coefficient (Wildman–Crippen LogP) is 3.53. The average molecular weight is 302 g/mol. The molecule has 3 nitrogen and oxygen atoms in total. The van der Waals surface area contributed by atoms with Crippen molar-refractivity contribution >= 4 is 23.2 Å². The molecule has 0 saturated heterocycles. The van der Waals surface area contributed by atoms with E-state index in [1.807, 2.05) is 38.1 Å². The summed E-state index contributed by atoms with van der Waals surface area (Å²) in [5.74, 6) is -0.00289. The highest BCUT2D eigenvalue weighted by Crippen LogP contribution is 2.37. The van der Waals surface area contributed by atoms with Crippen LogP contribution in [0.4, 0.5) is 5.69 Å². The van der Waals surface area contributed by atoms with Crippen molar-refractivity contribution in [2.45, 2.75) is 26.4 Å². The normalized spacial score (nSPS) is 14.8. The van der Waals surface area contributed by atoms with Crippen LogP contribution in [0.1, 0.15) is 33.9 Å². The van der Waals surface area contributed by atoms with Gasteiger partial charge in [0.25, 0.3) is 0 Å². The minimum absolute atomic E-state index is 0.00289. The number of aliphatic hydroxyl groups excluding tert-OH is 1. The summed E-state index contributed by atoms with van der Waals surface area (Å²) in [5, 5.41) is 14.1. The Hall–Kier alpha value is -1.84. The predicted molar refractivity (Wildman–Crippen MR) is 83.8 cm³/mol. The number of carbonyl (C=O) groups excluding carboxylic acids is 1. The zero-order valence-electron chi connectivity index (χ0n) is 11.9. The molecule has 1 atom stereocenters. The Labute approximate surface area is 128 Å². The smallest absolute Gasteiger partial charge is 0.228 e. The van der Waals surface area contributed by atoms with E-state index in [4.69, 9.17) is 11.6 Å². The third-order valence-electron chi connectivity index (χ3n) is 4.13. The first-order chi connectivity index (χ1) is 9.99. The van der Waals surface area contributed by atoms with Crippen molar-refractivity contribution in [1.82, 2.24) is 0 Å². The molecular weight excluding hydrogens is 286 g/mol. The van der Waals surface area contributed by atoms with Crippen molar-refractivity contribution in [3.05, 3.63) is 63.2 Å². The molecule has 0 fully saturated rings. The lowest BCUT2D eigenvalue weighted by atomic mass is 9.91. The van der Waals surface area contributed by atoms with Gasteiger partial charge in [0.2, 0.25) is 5.91 Å². The van der Waals surface area contributed by atoms with Gasteiger partial charge in [-0.3, -0.25) is 4.79 Å². The quantitative estimate of drug-likeness (QED) is 0.891. The Kier molecular flexibility index (Phi) is 3.47. The number of benzene rings is 2. The molecule has 0 aliphatic carbocycles. The maximum Gasteiger partial charge on any atom is 0.228 e. The molecule has 1 heterocycles. The summed E-state index contributed by atoms with van der Waals surface area (Å²) in [6.45, 7) is 3.91. The highest BCUT2D eigenvalue weighted by Gasteiger charge is 2.25. The molecule has 0 saturated carbocycles. The van der Waals surface area contributed by atoms with Crippen LogP contribution in [-0.2, 0) is 11.2 Å². The third kappa shape index (κ3) is 2.33. The molecule has 2 N–H and O–H groups in total. The molecule has 4 heteroatoms. The van der Waals surface area contributed by atoms with E-state index in [0.29, 0.717) is 17.0 Å². The molecule has 0 bridgehead atoms. The molecular formula is C17H16ClNO2. The van der Waals surface area contributed by atoms with Gasteiger partial charge in [0.1, 0.15) is 6.10 Å². The number of anilines is 1. The van der Waals surface area contributed by atoms with E-state index in [1.165, 1.54) is 0 Å². The van der Waals surface area contributed by atoms with Crippen molar-refractivity contribution in [2.24, 2.45) is 0 Å². The first-order valence-corrected chi connectivity index (χ1v) is 7.22. The summed E-state index contributed by atoms with van der Waals surface area (Å²) in [7, 11) is 0. The Morgan fingerprint density at radius 1 is 1.19 bits per heavy atom. The molecule has 1 aliphatic heterocycles. The molecule has 3 rings (SSSR count). The van der Waals surface area contributed by atoms with Crippen LogP contribution in [-0.4, -0.2) is 11.0 Å². The van der Waals surface area contributed by atoms with E-state index in [-0.39, 0.29) is 5.91 Å². The monoisotopic (exact) mass is 301 g/mol. The maximum absolute atomic E-state index is 11.6. The number of rotatable bonds is 2. The fraction of sp³-hybridized carbons (Fsp3) is 0.235. The number of carbonyl (C=O) groups is 1. The lowest BCUT2D eigenvalue weighted by Crippen LogP contribution is -2.06. The first-order valence-electron chi connectivity index (χ1n) is 6.84. The minimum atomic E-state index is -0.793. The standard InChI is InChI=1S/C17H16ClNO2/c1-9-10(2)16-11(8-15(20)19-16)7-13(9)17(21)12-5-3-4-6-14(12)18/h3-7,17,21H,8H2,1-2H3,(H,19,20). The Morgan fingerprint density at radius 2 is 1.90 bits per heavy atom. The molecule has 21 heavy (non-hydrogen) atoms. The van der Waals surface area contributed by atoms with Gasteiger partial charge in [-0.25, -0.2) is 0 Å². The van der Waals surface area contributed by atoms with Gasteiger partial charge in [-0.1, -0.05) is 29.8 Å². The molecule has 2 aromatic rings. The van der Waals surface area contributed by atoms with Crippen LogP contribution in [0.25, 0.3) is 0 Å². The van der Waals surface area contributed by atoms with Gasteiger partial charge in [-0.05, 0) is 48.2 Å². The molecule has 0 spiro atoms. The lowest BCUT2D eigenvalue weighted by Gasteiger charge is -2.19. The molecule has 1 aliphatic rings. The third-order valence-corrected chi connectivity index (χ3v) is 4.48. The van der Waals surface area contributed by atoms with Crippen LogP contribution in [0.15, 0.2) is 30.3 Å².